The maximum atomic E-state index is 13.6. The van der Waals surface area contributed by atoms with Crippen LogP contribution in [0.25, 0.3) is 11.0 Å². The quantitative estimate of drug-likeness (QED) is 0.398. The lowest BCUT2D eigenvalue weighted by molar-refractivity contribution is 0.0601. The highest BCUT2D eigenvalue weighted by Gasteiger charge is 2.29. The summed E-state index contributed by atoms with van der Waals surface area (Å²) in [6.45, 7) is 3.50. The van der Waals surface area contributed by atoms with Gasteiger partial charge in [0, 0.05) is 49.7 Å². The number of carbonyl (C=O) groups is 2. The van der Waals surface area contributed by atoms with E-state index in [-0.39, 0.29) is 11.7 Å². The van der Waals surface area contributed by atoms with Crippen molar-refractivity contribution in [3.8, 4) is 11.5 Å². The Kier molecular flexibility index (Phi) is 7.09. The fraction of sp³-hybridized carbons (Fsp3) is 0.241. The van der Waals surface area contributed by atoms with Crippen molar-refractivity contribution in [2.75, 3.05) is 45.7 Å². The molecule has 0 atom stereocenters. The van der Waals surface area contributed by atoms with Crippen molar-refractivity contribution >= 4 is 28.5 Å². The highest BCUT2D eigenvalue weighted by Crippen LogP contribution is 2.33. The van der Waals surface area contributed by atoms with Gasteiger partial charge in [-0.15, -0.1) is 0 Å². The van der Waals surface area contributed by atoms with E-state index in [1.807, 2.05) is 36.4 Å². The van der Waals surface area contributed by atoms with E-state index in [1.165, 1.54) is 19.8 Å². The van der Waals surface area contributed by atoms with E-state index in [0.717, 1.165) is 19.6 Å². The SMILES string of the molecule is COc1cc(OC)cc(C(=O)Nc2c(C(=O)N3CCN(Cc4ccccc4)CC3)oc3ccccc23)c1. The number of furan rings is 1. The Balaban J connectivity index is 1.36. The summed E-state index contributed by atoms with van der Waals surface area (Å²) >= 11 is 0. The van der Waals surface area contributed by atoms with Gasteiger partial charge in [-0.2, -0.15) is 0 Å². The molecule has 0 bridgehead atoms. The average Bonchev–Trinajstić information content (AvgIpc) is 3.31. The first-order valence-corrected chi connectivity index (χ1v) is 12.2. The van der Waals surface area contributed by atoms with E-state index in [1.54, 1.807) is 29.2 Å². The van der Waals surface area contributed by atoms with E-state index < -0.39 is 5.91 Å². The lowest BCUT2D eigenvalue weighted by Crippen LogP contribution is -2.48. The number of nitrogens with one attached hydrogen (secondary N) is 1. The number of piperazine rings is 1. The number of hydrogen-bond donors (Lipinski definition) is 1. The topological polar surface area (TPSA) is 84.2 Å². The number of benzene rings is 3. The van der Waals surface area contributed by atoms with Gasteiger partial charge in [-0.05, 0) is 29.8 Å². The number of rotatable bonds is 7. The molecule has 2 amide bonds. The van der Waals surface area contributed by atoms with E-state index in [2.05, 4.69) is 22.3 Å². The number of fused-ring (bicyclic) bond motifs is 1. The zero-order valence-corrected chi connectivity index (χ0v) is 20.9. The monoisotopic (exact) mass is 499 g/mol. The molecule has 8 heteroatoms. The molecule has 1 aliphatic heterocycles. The van der Waals surface area contributed by atoms with Gasteiger partial charge in [-0.1, -0.05) is 42.5 Å². The molecule has 4 aromatic rings. The summed E-state index contributed by atoms with van der Waals surface area (Å²) in [6, 6.07) is 22.5. The molecule has 0 saturated carbocycles. The van der Waals surface area contributed by atoms with E-state index in [4.69, 9.17) is 13.9 Å². The number of carbonyl (C=O) groups excluding carboxylic acids is 2. The third-order valence-corrected chi connectivity index (χ3v) is 6.55. The van der Waals surface area contributed by atoms with Crippen LogP contribution in [0.4, 0.5) is 5.69 Å². The Morgan fingerprint density at radius 1 is 0.865 bits per heavy atom. The summed E-state index contributed by atoms with van der Waals surface area (Å²) in [5.74, 6) is 0.470. The van der Waals surface area contributed by atoms with E-state index >= 15 is 0 Å². The normalized spacial score (nSPS) is 13.9. The molecule has 0 spiro atoms. The second-order valence-corrected chi connectivity index (χ2v) is 8.91. The number of anilines is 1. The Morgan fingerprint density at radius 2 is 1.51 bits per heavy atom. The van der Waals surface area contributed by atoms with Crippen molar-refractivity contribution in [1.29, 1.82) is 0 Å². The van der Waals surface area contributed by atoms with Crippen LogP contribution in [0.5, 0.6) is 11.5 Å². The maximum Gasteiger partial charge on any atom is 0.291 e. The summed E-state index contributed by atoms with van der Waals surface area (Å²) in [5.41, 5.74) is 2.49. The van der Waals surface area contributed by atoms with Crippen molar-refractivity contribution < 1.29 is 23.5 Å². The van der Waals surface area contributed by atoms with Gasteiger partial charge in [0.2, 0.25) is 5.76 Å². The zero-order valence-electron chi connectivity index (χ0n) is 20.9. The molecule has 0 unspecified atom stereocenters. The second kappa shape index (κ2) is 10.8. The van der Waals surface area contributed by atoms with Gasteiger partial charge in [0.1, 0.15) is 22.8 Å². The molecule has 37 heavy (non-hydrogen) atoms. The van der Waals surface area contributed by atoms with Crippen molar-refractivity contribution in [3.05, 3.63) is 89.7 Å². The number of ether oxygens (including phenoxy) is 2. The second-order valence-electron chi connectivity index (χ2n) is 8.91. The summed E-state index contributed by atoms with van der Waals surface area (Å²) in [7, 11) is 3.05. The summed E-state index contributed by atoms with van der Waals surface area (Å²) < 4.78 is 16.6. The molecule has 0 radical (unpaired) electrons. The van der Waals surface area contributed by atoms with Crippen LogP contribution < -0.4 is 14.8 Å². The molecule has 1 aromatic heterocycles. The van der Waals surface area contributed by atoms with Crippen LogP contribution in [0, 0.1) is 0 Å². The van der Waals surface area contributed by atoms with Crippen molar-refractivity contribution in [1.82, 2.24) is 9.80 Å². The summed E-state index contributed by atoms with van der Waals surface area (Å²) in [4.78, 5) is 31.0. The summed E-state index contributed by atoms with van der Waals surface area (Å²) in [6.07, 6.45) is 0. The molecule has 1 N–H and O–H groups in total. The fourth-order valence-electron chi connectivity index (χ4n) is 4.54. The van der Waals surface area contributed by atoms with Gasteiger partial charge in [0.25, 0.3) is 11.8 Å². The van der Waals surface area contributed by atoms with Crippen molar-refractivity contribution in [3.63, 3.8) is 0 Å². The van der Waals surface area contributed by atoms with Gasteiger partial charge in [0.05, 0.1) is 14.2 Å². The lowest BCUT2D eigenvalue weighted by Gasteiger charge is -2.34. The molecule has 3 aromatic carbocycles. The van der Waals surface area contributed by atoms with Crippen molar-refractivity contribution in [2.45, 2.75) is 6.54 Å². The number of nitrogens with zero attached hydrogens (tertiary/aromatic N) is 2. The Hall–Kier alpha value is -4.30. The third-order valence-electron chi connectivity index (χ3n) is 6.55. The molecule has 8 nitrogen and oxygen atoms in total. The molecule has 0 aliphatic carbocycles. The molecule has 2 heterocycles. The minimum atomic E-state index is -0.398. The fourth-order valence-corrected chi connectivity index (χ4v) is 4.54. The summed E-state index contributed by atoms with van der Waals surface area (Å²) in [5, 5.41) is 3.58. The minimum Gasteiger partial charge on any atom is -0.497 e. The minimum absolute atomic E-state index is 0.126. The number of methoxy groups -OCH3 is 2. The largest absolute Gasteiger partial charge is 0.497 e. The zero-order chi connectivity index (χ0) is 25.8. The number of hydrogen-bond acceptors (Lipinski definition) is 6. The van der Waals surface area contributed by atoms with Gasteiger partial charge >= 0.3 is 0 Å². The number of amides is 2. The first kappa shape index (κ1) is 24.4. The number of para-hydroxylation sites is 1. The Bertz CT molecular complexity index is 1390. The van der Waals surface area contributed by atoms with Gasteiger partial charge in [-0.25, -0.2) is 0 Å². The van der Waals surface area contributed by atoms with Gasteiger partial charge < -0.3 is 24.1 Å². The Morgan fingerprint density at radius 3 is 2.19 bits per heavy atom. The molecule has 190 valence electrons. The van der Waals surface area contributed by atoms with Crippen LogP contribution in [0.15, 0.2) is 77.2 Å². The van der Waals surface area contributed by atoms with Crippen LogP contribution >= 0.6 is 0 Å². The molecule has 1 aliphatic rings. The lowest BCUT2D eigenvalue weighted by atomic mass is 10.1. The standard InChI is InChI=1S/C29H29N3O5/c1-35-22-16-21(17-23(18-22)36-2)28(33)30-26-24-10-6-7-11-25(24)37-27(26)29(34)32-14-12-31(13-15-32)19-20-8-4-3-5-9-20/h3-11,16-18H,12-15,19H2,1-2H3,(H,30,33). The Labute approximate surface area is 215 Å². The van der Waals surface area contributed by atoms with Crippen LogP contribution in [0.3, 0.4) is 0 Å². The molecular weight excluding hydrogens is 470 g/mol. The average molecular weight is 500 g/mol. The molecule has 5 rings (SSSR count). The first-order chi connectivity index (χ1) is 18.1. The van der Waals surface area contributed by atoms with Crippen LogP contribution in [-0.4, -0.2) is 62.0 Å². The maximum absolute atomic E-state index is 13.6. The predicted molar refractivity (Wildman–Crippen MR) is 141 cm³/mol. The van der Waals surface area contributed by atoms with Crippen LogP contribution in [-0.2, 0) is 6.54 Å². The highest BCUT2D eigenvalue weighted by atomic mass is 16.5. The smallest absolute Gasteiger partial charge is 0.291 e. The van der Waals surface area contributed by atoms with Crippen LogP contribution in [0.2, 0.25) is 0 Å². The van der Waals surface area contributed by atoms with Gasteiger partial charge in [0.15, 0.2) is 0 Å². The molecular formula is C29H29N3O5. The first-order valence-electron chi connectivity index (χ1n) is 12.2. The van der Waals surface area contributed by atoms with E-state index in [0.29, 0.717) is 46.8 Å². The van der Waals surface area contributed by atoms with Crippen molar-refractivity contribution in [2.24, 2.45) is 0 Å². The third kappa shape index (κ3) is 5.29. The van der Waals surface area contributed by atoms with Gasteiger partial charge in [-0.3, -0.25) is 14.5 Å². The molecule has 1 saturated heterocycles. The predicted octanol–water partition coefficient (Wildman–Crippen LogP) is 4.66. The highest BCUT2D eigenvalue weighted by molar-refractivity contribution is 6.14. The molecule has 1 fully saturated rings. The van der Waals surface area contributed by atoms with Crippen LogP contribution in [0.1, 0.15) is 26.5 Å². The van der Waals surface area contributed by atoms with E-state index in [9.17, 15) is 9.59 Å².